The summed E-state index contributed by atoms with van der Waals surface area (Å²) < 4.78 is 7.09. The summed E-state index contributed by atoms with van der Waals surface area (Å²) in [4.78, 5) is 21.1. The lowest BCUT2D eigenvalue weighted by Gasteiger charge is -2.18. The molecular formula is C26H40N6O3. The van der Waals surface area contributed by atoms with Crippen LogP contribution in [0.1, 0.15) is 51.3 Å². The topological polar surface area (TPSA) is 105 Å². The van der Waals surface area contributed by atoms with Crippen molar-refractivity contribution in [3.63, 3.8) is 0 Å². The van der Waals surface area contributed by atoms with Crippen molar-refractivity contribution in [1.29, 1.82) is 0 Å². The van der Waals surface area contributed by atoms with Gasteiger partial charge in [0.25, 0.3) is 0 Å². The van der Waals surface area contributed by atoms with Crippen LogP contribution in [0.5, 0.6) is 0 Å². The number of ether oxygens (including phenoxy) is 1. The molecule has 35 heavy (non-hydrogen) atoms. The van der Waals surface area contributed by atoms with Gasteiger partial charge in [0.2, 0.25) is 5.43 Å². The van der Waals surface area contributed by atoms with E-state index < -0.39 is 0 Å². The van der Waals surface area contributed by atoms with Gasteiger partial charge in [0, 0.05) is 45.1 Å². The number of hydrazone groups is 1. The second kappa shape index (κ2) is 16.5. The third kappa shape index (κ3) is 10.7. The first kappa shape index (κ1) is 29.9. The summed E-state index contributed by atoms with van der Waals surface area (Å²) in [5.41, 5.74) is 1.20. The van der Waals surface area contributed by atoms with E-state index in [-0.39, 0.29) is 30.1 Å². The highest BCUT2D eigenvalue weighted by Crippen LogP contribution is 2.22. The first-order valence-corrected chi connectivity index (χ1v) is 11.8. The SMILES string of the molecule is C=CC(/C=N\N(C)CCO)n1ccc(=O)c(C(C)C(=C)CC/C=C/C(N=CC(C)OCC)=NC)n1. The summed E-state index contributed by atoms with van der Waals surface area (Å²) in [5, 5.41) is 19.5. The minimum absolute atomic E-state index is 0.00865. The highest BCUT2D eigenvalue weighted by Gasteiger charge is 2.16. The third-order valence-corrected chi connectivity index (χ3v) is 5.24. The number of likely N-dealkylation sites (N-methyl/N-ethyl adjacent to an activating group) is 1. The quantitative estimate of drug-likeness (QED) is 0.178. The Labute approximate surface area is 208 Å². The summed E-state index contributed by atoms with van der Waals surface area (Å²) in [5.74, 6) is 0.400. The first-order chi connectivity index (χ1) is 16.8. The molecule has 1 N–H and O–H groups in total. The molecule has 1 heterocycles. The summed E-state index contributed by atoms with van der Waals surface area (Å²) in [7, 11) is 3.46. The molecule has 0 radical (unpaired) electrons. The molecule has 0 aromatic carbocycles. The van der Waals surface area contributed by atoms with Gasteiger partial charge in [0.05, 0.1) is 25.5 Å². The normalized spacial score (nSPS) is 15.1. The molecule has 9 heteroatoms. The molecule has 0 saturated carbocycles. The minimum atomic E-state index is -0.336. The van der Waals surface area contributed by atoms with E-state index >= 15 is 0 Å². The van der Waals surface area contributed by atoms with Crippen molar-refractivity contribution in [3.8, 4) is 0 Å². The Bertz CT molecular complexity index is 980. The summed E-state index contributed by atoms with van der Waals surface area (Å²) >= 11 is 0. The molecule has 3 unspecified atom stereocenters. The van der Waals surface area contributed by atoms with E-state index in [0.717, 1.165) is 12.0 Å². The molecule has 9 nitrogen and oxygen atoms in total. The Kier molecular flexibility index (Phi) is 14.0. The largest absolute Gasteiger partial charge is 0.394 e. The lowest BCUT2D eigenvalue weighted by molar-refractivity contribution is 0.125. The molecular weight excluding hydrogens is 444 g/mol. The van der Waals surface area contributed by atoms with Crippen LogP contribution >= 0.6 is 0 Å². The number of allylic oxidation sites excluding steroid dienone is 3. The van der Waals surface area contributed by atoms with Crippen molar-refractivity contribution in [2.45, 2.75) is 51.7 Å². The molecule has 3 atom stereocenters. The Morgan fingerprint density at radius 3 is 2.74 bits per heavy atom. The number of aliphatic hydroxyl groups is 1. The van der Waals surface area contributed by atoms with Gasteiger partial charge in [0.15, 0.2) is 0 Å². The van der Waals surface area contributed by atoms with Crippen LogP contribution in [0.2, 0.25) is 0 Å². The number of aromatic nitrogens is 2. The molecule has 0 saturated heterocycles. The zero-order valence-corrected chi connectivity index (χ0v) is 21.7. The zero-order valence-electron chi connectivity index (χ0n) is 21.7. The van der Waals surface area contributed by atoms with E-state index in [0.29, 0.717) is 31.1 Å². The Balaban J connectivity index is 2.83. The van der Waals surface area contributed by atoms with Gasteiger partial charge in [-0.3, -0.25) is 19.5 Å². The van der Waals surface area contributed by atoms with Gasteiger partial charge in [-0.1, -0.05) is 31.2 Å². The van der Waals surface area contributed by atoms with Crippen LogP contribution in [-0.4, -0.2) is 78.1 Å². The number of amidine groups is 1. The van der Waals surface area contributed by atoms with E-state index in [4.69, 9.17) is 9.84 Å². The smallest absolute Gasteiger partial charge is 0.203 e. The lowest BCUT2D eigenvalue weighted by atomic mass is 9.94. The summed E-state index contributed by atoms with van der Waals surface area (Å²) in [6.45, 7) is 14.9. The predicted molar refractivity (Wildman–Crippen MR) is 145 cm³/mol. The van der Waals surface area contributed by atoms with E-state index in [1.807, 2.05) is 32.9 Å². The molecule has 0 aliphatic heterocycles. The van der Waals surface area contributed by atoms with E-state index in [1.165, 1.54) is 6.07 Å². The van der Waals surface area contributed by atoms with Gasteiger partial charge >= 0.3 is 0 Å². The van der Waals surface area contributed by atoms with Crippen LogP contribution in [-0.2, 0) is 4.74 Å². The fourth-order valence-electron chi connectivity index (χ4n) is 3.05. The van der Waals surface area contributed by atoms with Gasteiger partial charge in [-0.25, -0.2) is 4.99 Å². The third-order valence-electron chi connectivity index (χ3n) is 5.24. The number of hydrogen-bond acceptors (Lipinski definition) is 7. The predicted octanol–water partition coefficient (Wildman–Crippen LogP) is 3.40. The maximum Gasteiger partial charge on any atom is 0.203 e. The number of hydrogen-bond donors (Lipinski definition) is 1. The molecule has 0 spiro atoms. The molecule has 0 aliphatic rings. The molecule has 0 bridgehead atoms. The standard InChI is InChI=1S/C26H40N6O3/c1-8-23(19-29-31(7)16-17-33)32-15-14-24(34)26(30-32)22(5)20(3)12-10-11-13-25(27-6)28-18-21(4)35-9-2/h8,11,13-15,18-19,21-23,33H,1,3,9-10,12,16-17H2,2,4-7H3/b13-11+,27-25?,28-18?,29-19-. The Hall–Kier alpha value is -3.17. The summed E-state index contributed by atoms with van der Waals surface area (Å²) in [6.07, 6.45) is 11.9. The number of nitrogens with zero attached hydrogens (tertiary/aromatic N) is 6. The number of rotatable bonds is 15. The first-order valence-electron chi connectivity index (χ1n) is 11.8. The van der Waals surface area contributed by atoms with E-state index in [2.05, 4.69) is 33.3 Å². The van der Waals surface area contributed by atoms with Gasteiger partial charge < -0.3 is 9.84 Å². The van der Waals surface area contributed by atoms with E-state index in [1.54, 1.807) is 48.5 Å². The monoisotopic (exact) mass is 484 g/mol. The van der Waals surface area contributed by atoms with E-state index in [9.17, 15) is 4.79 Å². The molecule has 1 aromatic heterocycles. The second-order valence-corrected chi connectivity index (χ2v) is 7.98. The Morgan fingerprint density at radius 2 is 2.11 bits per heavy atom. The van der Waals surface area contributed by atoms with Crippen LogP contribution in [0.3, 0.4) is 0 Å². The number of aliphatic hydroxyl groups excluding tert-OH is 1. The second-order valence-electron chi connectivity index (χ2n) is 7.98. The van der Waals surface area contributed by atoms with Gasteiger partial charge in [-0.05, 0) is 32.8 Å². The van der Waals surface area contributed by atoms with Gasteiger partial charge in [-0.15, -0.1) is 6.58 Å². The van der Waals surface area contributed by atoms with Crippen LogP contribution in [0.25, 0.3) is 0 Å². The average molecular weight is 485 g/mol. The molecule has 0 amide bonds. The molecule has 192 valence electrons. The fraction of sp³-hybridized carbons (Fsp3) is 0.500. The van der Waals surface area contributed by atoms with Crippen molar-refractivity contribution in [3.05, 3.63) is 65.1 Å². The molecule has 0 aliphatic carbocycles. The lowest BCUT2D eigenvalue weighted by Crippen LogP contribution is -2.23. The minimum Gasteiger partial charge on any atom is -0.394 e. The Morgan fingerprint density at radius 1 is 1.37 bits per heavy atom. The molecule has 1 rings (SSSR count). The zero-order chi connectivity index (χ0) is 26.2. The van der Waals surface area contributed by atoms with Crippen LogP contribution in [0, 0.1) is 0 Å². The van der Waals surface area contributed by atoms with Crippen LogP contribution in [0.4, 0.5) is 0 Å². The van der Waals surface area contributed by atoms with Crippen molar-refractivity contribution in [2.24, 2.45) is 15.1 Å². The van der Waals surface area contributed by atoms with Crippen LogP contribution < -0.4 is 5.43 Å². The van der Waals surface area contributed by atoms with Crippen LogP contribution in [0.15, 0.2) is 69.1 Å². The van der Waals surface area contributed by atoms with Crippen molar-refractivity contribution >= 4 is 18.3 Å². The highest BCUT2D eigenvalue weighted by molar-refractivity contribution is 5.98. The van der Waals surface area contributed by atoms with Crippen molar-refractivity contribution < 1.29 is 9.84 Å². The maximum absolute atomic E-state index is 12.5. The molecule has 0 fully saturated rings. The molecule has 1 aromatic rings. The fourth-order valence-corrected chi connectivity index (χ4v) is 3.05. The average Bonchev–Trinajstić information content (AvgIpc) is 2.84. The van der Waals surface area contributed by atoms with Crippen molar-refractivity contribution in [1.82, 2.24) is 14.8 Å². The highest BCUT2D eigenvalue weighted by atomic mass is 16.5. The summed E-state index contributed by atoms with van der Waals surface area (Å²) in [6, 6.07) is 1.16. The number of aliphatic imine (C=N–C) groups is 2. The van der Waals surface area contributed by atoms with Crippen molar-refractivity contribution in [2.75, 3.05) is 33.9 Å². The van der Waals surface area contributed by atoms with Gasteiger partial charge in [0.1, 0.15) is 17.6 Å². The maximum atomic E-state index is 12.5. The van der Waals surface area contributed by atoms with Gasteiger partial charge in [-0.2, -0.15) is 10.2 Å².